The SMILES string of the molecule is COc1ccccc1-c1nc(C(C(C)C)(C(c2ccccc2)c2ccccc2)N2CCNCC2)c(C)[nH]1. The van der Waals surface area contributed by atoms with Crippen molar-refractivity contribution in [3.05, 3.63) is 107 Å². The maximum atomic E-state index is 5.71. The Hall–Kier alpha value is -3.41. The number of hydrogen-bond donors (Lipinski definition) is 2. The molecule has 0 amide bonds. The van der Waals surface area contributed by atoms with E-state index in [4.69, 9.17) is 9.72 Å². The smallest absolute Gasteiger partial charge is 0.141 e. The number of imidazole rings is 1. The van der Waals surface area contributed by atoms with E-state index in [0.29, 0.717) is 0 Å². The summed E-state index contributed by atoms with van der Waals surface area (Å²) in [5, 5.41) is 3.57. The molecule has 1 atom stereocenters. The molecule has 0 saturated carbocycles. The topological polar surface area (TPSA) is 53.2 Å². The van der Waals surface area contributed by atoms with Gasteiger partial charge in [0.2, 0.25) is 0 Å². The number of nitrogens with zero attached hydrogens (tertiary/aromatic N) is 2. The largest absolute Gasteiger partial charge is 0.496 e. The van der Waals surface area contributed by atoms with Crippen molar-refractivity contribution in [2.24, 2.45) is 5.92 Å². The molecule has 1 fully saturated rings. The molecule has 4 aromatic rings. The van der Waals surface area contributed by atoms with Gasteiger partial charge in [-0.1, -0.05) is 86.6 Å². The van der Waals surface area contributed by atoms with Crippen molar-refractivity contribution in [1.29, 1.82) is 0 Å². The van der Waals surface area contributed by atoms with Gasteiger partial charge < -0.3 is 15.0 Å². The molecule has 5 nitrogen and oxygen atoms in total. The summed E-state index contributed by atoms with van der Waals surface area (Å²) in [7, 11) is 1.72. The Bertz CT molecular complexity index is 1260. The van der Waals surface area contributed by atoms with Gasteiger partial charge in [-0.2, -0.15) is 0 Å². The summed E-state index contributed by atoms with van der Waals surface area (Å²) in [6, 6.07) is 30.1. The fraction of sp³-hybridized carbons (Fsp3) is 0.344. The molecule has 0 bridgehead atoms. The van der Waals surface area contributed by atoms with E-state index in [2.05, 4.69) is 103 Å². The first kappa shape index (κ1) is 25.2. The molecule has 1 unspecified atom stereocenters. The predicted octanol–water partition coefficient (Wildman–Crippen LogP) is 5.98. The van der Waals surface area contributed by atoms with Crippen LogP contribution in [0, 0.1) is 12.8 Å². The molecule has 0 aliphatic carbocycles. The van der Waals surface area contributed by atoms with E-state index in [1.165, 1.54) is 11.1 Å². The fourth-order valence-electron chi connectivity index (χ4n) is 6.29. The molecular weight excluding hydrogens is 456 g/mol. The van der Waals surface area contributed by atoms with Gasteiger partial charge in [0.25, 0.3) is 0 Å². The molecule has 5 rings (SSSR count). The molecule has 0 radical (unpaired) electrons. The highest BCUT2D eigenvalue weighted by Crippen LogP contribution is 2.51. The highest BCUT2D eigenvalue weighted by atomic mass is 16.5. The second kappa shape index (κ2) is 10.9. The normalized spacial score (nSPS) is 16.2. The number of benzene rings is 3. The van der Waals surface area contributed by atoms with Gasteiger partial charge in [-0.15, -0.1) is 0 Å². The maximum absolute atomic E-state index is 5.71. The van der Waals surface area contributed by atoms with Crippen molar-refractivity contribution in [3.8, 4) is 17.1 Å². The average Bonchev–Trinajstić information content (AvgIpc) is 3.34. The van der Waals surface area contributed by atoms with Gasteiger partial charge in [-0.05, 0) is 36.1 Å². The zero-order valence-corrected chi connectivity index (χ0v) is 22.4. The van der Waals surface area contributed by atoms with E-state index in [1.54, 1.807) is 7.11 Å². The molecule has 0 spiro atoms. The van der Waals surface area contributed by atoms with E-state index in [9.17, 15) is 0 Å². The summed E-state index contributed by atoms with van der Waals surface area (Å²) < 4.78 is 5.71. The van der Waals surface area contributed by atoms with Crippen molar-refractivity contribution in [2.45, 2.75) is 32.2 Å². The van der Waals surface area contributed by atoms with Crippen LogP contribution in [0.2, 0.25) is 0 Å². The Morgan fingerprint density at radius 3 is 1.97 bits per heavy atom. The first-order chi connectivity index (χ1) is 18.1. The third-order valence-corrected chi connectivity index (χ3v) is 7.85. The van der Waals surface area contributed by atoms with Crippen LogP contribution in [0.25, 0.3) is 11.4 Å². The van der Waals surface area contributed by atoms with Crippen LogP contribution in [0.4, 0.5) is 0 Å². The lowest BCUT2D eigenvalue weighted by molar-refractivity contribution is 0.0108. The van der Waals surface area contributed by atoms with Crippen LogP contribution < -0.4 is 10.1 Å². The molecular formula is C32H38N4O. The van der Waals surface area contributed by atoms with Crippen LogP contribution in [0.5, 0.6) is 5.75 Å². The fourth-order valence-corrected chi connectivity index (χ4v) is 6.29. The predicted molar refractivity (Wildman–Crippen MR) is 151 cm³/mol. The quantitative estimate of drug-likeness (QED) is 0.316. The van der Waals surface area contributed by atoms with Gasteiger partial charge in [0.05, 0.1) is 23.9 Å². The number of methoxy groups -OCH3 is 1. The summed E-state index contributed by atoms with van der Waals surface area (Å²) >= 11 is 0. The summed E-state index contributed by atoms with van der Waals surface area (Å²) in [6.07, 6.45) is 0. The molecule has 37 heavy (non-hydrogen) atoms. The maximum Gasteiger partial charge on any atom is 0.141 e. The number of para-hydroxylation sites is 1. The van der Waals surface area contributed by atoms with Crippen LogP contribution >= 0.6 is 0 Å². The molecule has 2 N–H and O–H groups in total. The van der Waals surface area contributed by atoms with Gasteiger partial charge in [-0.25, -0.2) is 4.98 Å². The minimum atomic E-state index is -0.369. The molecule has 1 aliphatic heterocycles. The Balaban J connectivity index is 1.80. The van der Waals surface area contributed by atoms with Gasteiger partial charge in [0, 0.05) is 37.8 Å². The molecule has 2 heterocycles. The van der Waals surface area contributed by atoms with Crippen molar-refractivity contribution in [3.63, 3.8) is 0 Å². The minimum absolute atomic E-state index is 0.0977. The highest BCUT2D eigenvalue weighted by Gasteiger charge is 2.52. The second-order valence-electron chi connectivity index (χ2n) is 10.2. The number of hydrogen-bond acceptors (Lipinski definition) is 4. The zero-order valence-electron chi connectivity index (χ0n) is 22.4. The number of piperazine rings is 1. The molecule has 1 aromatic heterocycles. The summed E-state index contributed by atoms with van der Waals surface area (Å²) in [5.41, 5.74) is 5.44. The molecule has 192 valence electrons. The average molecular weight is 495 g/mol. The van der Waals surface area contributed by atoms with Gasteiger partial charge in [0.1, 0.15) is 11.6 Å². The molecule has 5 heteroatoms. The number of aryl methyl sites for hydroxylation is 1. The second-order valence-corrected chi connectivity index (χ2v) is 10.2. The number of H-pyrrole nitrogens is 1. The standard InChI is InChI=1S/C32H38N4O/c1-23(2)32(36-21-19-33-20-22-36,29(25-13-7-5-8-14-25)26-15-9-6-10-16-26)30-24(3)34-31(35-30)27-17-11-12-18-28(27)37-4/h5-18,23,29,33H,19-22H2,1-4H3,(H,34,35). The summed E-state index contributed by atoms with van der Waals surface area (Å²) in [4.78, 5) is 11.8. The number of aromatic nitrogens is 2. The van der Waals surface area contributed by atoms with E-state index in [0.717, 1.165) is 54.7 Å². The third-order valence-electron chi connectivity index (χ3n) is 7.85. The number of ether oxygens (including phenoxy) is 1. The van der Waals surface area contributed by atoms with Gasteiger partial charge in [0.15, 0.2) is 0 Å². The van der Waals surface area contributed by atoms with Crippen LogP contribution in [0.3, 0.4) is 0 Å². The first-order valence-electron chi connectivity index (χ1n) is 13.3. The Kier molecular flexibility index (Phi) is 7.45. The van der Waals surface area contributed by atoms with Crippen LogP contribution in [0.1, 0.15) is 42.3 Å². The van der Waals surface area contributed by atoms with Crippen LogP contribution in [-0.2, 0) is 5.54 Å². The van der Waals surface area contributed by atoms with Crippen molar-refractivity contribution < 1.29 is 4.74 Å². The lowest BCUT2D eigenvalue weighted by Crippen LogP contribution is -2.60. The number of nitrogens with one attached hydrogen (secondary N) is 2. The van der Waals surface area contributed by atoms with Crippen LogP contribution in [0.15, 0.2) is 84.9 Å². The first-order valence-corrected chi connectivity index (χ1v) is 13.3. The van der Waals surface area contributed by atoms with E-state index < -0.39 is 0 Å². The Labute approximate surface area is 220 Å². The van der Waals surface area contributed by atoms with Crippen molar-refractivity contribution in [1.82, 2.24) is 20.2 Å². The van der Waals surface area contributed by atoms with Gasteiger partial charge in [-0.3, -0.25) is 4.90 Å². The summed E-state index contributed by atoms with van der Waals surface area (Å²) in [5.74, 6) is 2.05. The number of rotatable bonds is 8. The number of aromatic amines is 1. The van der Waals surface area contributed by atoms with E-state index >= 15 is 0 Å². The highest BCUT2D eigenvalue weighted by molar-refractivity contribution is 5.65. The minimum Gasteiger partial charge on any atom is -0.496 e. The summed E-state index contributed by atoms with van der Waals surface area (Å²) in [6.45, 7) is 10.7. The molecule has 1 aliphatic rings. The van der Waals surface area contributed by atoms with Gasteiger partial charge >= 0.3 is 0 Å². The zero-order chi connectivity index (χ0) is 25.8. The van der Waals surface area contributed by atoms with Crippen LogP contribution in [-0.4, -0.2) is 48.2 Å². The van der Waals surface area contributed by atoms with E-state index in [1.807, 2.05) is 18.2 Å². The molecule has 1 saturated heterocycles. The Morgan fingerprint density at radius 1 is 0.838 bits per heavy atom. The lowest BCUT2D eigenvalue weighted by Gasteiger charge is -2.53. The van der Waals surface area contributed by atoms with Crippen molar-refractivity contribution in [2.75, 3.05) is 33.3 Å². The lowest BCUT2D eigenvalue weighted by atomic mass is 9.65. The monoisotopic (exact) mass is 494 g/mol. The van der Waals surface area contributed by atoms with E-state index in [-0.39, 0.29) is 17.4 Å². The van der Waals surface area contributed by atoms with Crippen molar-refractivity contribution >= 4 is 0 Å². The molecule has 3 aromatic carbocycles. The Morgan fingerprint density at radius 2 is 1.41 bits per heavy atom. The third kappa shape index (κ3) is 4.58.